The SMILES string of the molecule is CCCOc1ccc(-c2ccc(C3C=CC(C(=O)OC(c4ccc5ccccc5c4)(c4ccc5ccccc5c4)C4CCCN4)=CC3)cc2)cc1. The first-order chi connectivity index (χ1) is 25.1. The summed E-state index contributed by atoms with van der Waals surface area (Å²) >= 11 is 0. The number of carbonyl (C=O) groups excluding carboxylic acids is 1. The third-order valence-electron chi connectivity index (χ3n) is 10.5. The molecule has 1 fully saturated rings. The Morgan fingerprint density at radius 2 is 1.35 bits per heavy atom. The summed E-state index contributed by atoms with van der Waals surface area (Å²) in [7, 11) is 0. The minimum Gasteiger partial charge on any atom is -0.494 e. The molecule has 6 aromatic rings. The number of fused-ring (bicyclic) bond motifs is 2. The Morgan fingerprint density at radius 1 is 0.745 bits per heavy atom. The number of nitrogens with one attached hydrogen (secondary N) is 1. The molecule has 1 heterocycles. The maximum atomic E-state index is 14.4. The molecule has 0 saturated carbocycles. The van der Waals surface area contributed by atoms with Gasteiger partial charge in [0, 0.05) is 17.0 Å². The summed E-state index contributed by atoms with van der Waals surface area (Å²) < 4.78 is 12.7. The predicted molar refractivity (Wildman–Crippen MR) is 208 cm³/mol. The van der Waals surface area contributed by atoms with Crippen LogP contribution in [0.25, 0.3) is 32.7 Å². The number of hydrogen-bond donors (Lipinski definition) is 1. The molecule has 0 aromatic heterocycles. The third-order valence-corrected chi connectivity index (χ3v) is 10.5. The molecule has 0 spiro atoms. The zero-order valence-electron chi connectivity index (χ0n) is 29.1. The molecule has 2 aliphatic rings. The van der Waals surface area contributed by atoms with Gasteiger partial charge in [-0.3, -0.25) is 0 Å². The zero-order chi connectivity index (χ0) is 34.6. The van der Waals surface area contributed by atoms with Gasteiger partial charge in [-0.05, 0) is 94.7 Å². The largest absolute Gasteiger partial charge is 0.494 e. The molecular formula is C47H43NO3. The number of rotatable bonds is 10. The molecule has 0 radical (unpaired) electrons. The number of esters is 1. The second-order valence-electron chi connectivity index (χ2n) is 13.8. The van der Waals surface area contributed by atoms with Gasteiger partial charge < -0.3 is 14.8 Å². The summed E-state index contributed by atoms with van der Waals surface area (Å²) in [6.45, 7) is 3.72. The van der Waals surface area contributed by atoms with Gasteiger partial charge in [0.2, 0.25) is 0 Å². The first kappa shape index (κ1) is 32.7. The summed E-state index contributed by atoms with van der Waals surface area (Å²) in [5, 5.41) is 8.30. The molecule has 254 valence electrons. The van der Waals surface area contributed by atoms with Gasteiger partial charge in [-0.1, -0.05) is 134 Å². The van der Waals surface area contributed by atoms with Crippen LogP contribution in [-0.2, 0) is 15.1 Å². The van der Waals surface area contributed by atoms with Gasteiger partial charge in [-0.15, -0.1) is 0 Å². The Kier molecular flexibility index (Phi) is 9.26. The molecular weight excluding hydrogens is 627 g/mol. The molecule has 0 bridgehead atoms. The lowest BCUT2D eigenvalue weighted by Gasteiger charge is -2.40. The maximum absolute atomic E-state index is 14.4. The Hall–Kier alpha value is -5.45. The van der Waals surface area contributed by atoms with E-state index in [9.17, 15) is 4.79 Å². The Bertz CT molecular complexity index is 2150. The number of ether oxygens (including phenoxy) is 2. The van der Waals surface area contributed by atoms with Crippen LogP contribution in [0, 0.1) is 0 Å². The molecule has 51 heavy (non-hydrogen) atoms. The van der Waals surface area contributed by atoms with Crippen molar-refractivity contribution in [3.05, 3.63) is 174 Å². The lowest BCUT2D eigenvalue weighted by molar-refractivity contribution is -0.154. The van der Waals surface area contributed by atoms with E-state index in [2.05, 4.69) is 140 Å². The highest BCUT2D eigenvalue weighted by molar-refractivity contribution is 5.93. The van der Waals surface area contributed by atoms with E-state index in [1.807, 2.05) is 24.3 Å². The number of benzene rings is 6. The fraction of sp³-hybridized carbons (Fsp3) is 0.213. The highest BCUT2D eigenvalue weighted by Crippen LogP contribution is 2.43. The van der Waals surface area contributed by atoms with Crippen LogP contribution in [0.15, 0.2) is 157 Å². The van der Waals surface area contributed by atoms with Crippen molar-refractivity contribution in [1.82, 2.24) is 5.32 Å². The minimum absolute atomic E-state index is 0.0803. The van der Waals surface area contributed by atoms with Crippen molar-refractivity contribution in [2.45, 2.75) is 50.2 Å². The highest BCUT2D eigenvalue weighted by atomic mass is 16.6. The molecule has 2 atom stereocenters. The van der Waals surface area contributed by atoms with Crippen molar-refractivity contribution in [3.63, 3.8) is 0 Å². The zero-order valence-corrected chi connectivity index (χ0v) is 29.1. The fourth-order valence-corrected chi connectivity index (χ4v) is 7.74. The topological polar surface area (TPSA) is 47.6 Å². The predicted octanol–water partition coefficient (Wildman–Crippen LogP) is 10.7. The van der Waals surface area contributed by atoms with Crippen LogP contribution in [0.2, 0.25) is 0 Å². The summed E-state index contributed by atoms with van der Waals surface area (Å²) in [5.74, 6) is 0.779. The van der Waals surface area contributed by atoms with E-state index in [1.54, 1.807) is 0 Å². The van der Waals surface area contributed by atoms with Gasteiger partial charge in [-0.25, -0.2) is 4.79 Å². The van der Waals surface area contributed by atoms with Crippen LogP contribution in [0.5, 0.6) is 5.75 Å². The van der Waals surface area contributed by atoms with Crippen molar-refractivity contribution >= 4 is 27.5 Å². The summed E-state index contributed by atoms with van der Waals surface area (Å²) in [6.07, 6.45) is 9.78. The van der Waals surface area contributed by atoms with E-state index in [0.717, 1.165) is 82.8 Å². The van der Waals surface area contributed by atoms with E-state index >= 15 is 0 Å². The van der Waals surface area contributed by atoms with Crippen LogP contribution in [0.3, 0.4) is 0 Å². The Labute approximate surface area is 300 Å². The number of allylic oxidation sites excluding steroid dienone is 2. The number of carbonyl (C=O) groups is 1. The standard InChI is InChI=1S/C47H43NO3/c1-2-30-50-44-27-23-38(24-28-44)36-15-13-35(14-16-36)37-17-19-39(20-18-37)46(49)51-47(45-12-7-29-48-45,42-25-21-33-8-3-5-10-40(33)31-42)43-26-22-34-9-4-6-11-41(34)32-43/h3-6,8-11,13-17,19-28,31-32,37,45,48H,2,7,12,18,29-30H2,1H3. The van der Waals surface area contributed by atoms with E-state index in [0.29, 0.717) is 5.57 Å². The van der Waals surface area contributed by atoms with Crippen LogP contribution >= 0.6 is 0 Å². The molecule has 1 N–H and O–H groups in total. The Morgan fingerprint density at radius 3 is 1.90 bits per heavy atom. The second kappa shape index (κ2) is 14.4. The first-order valence-electron chi connectivity index (χ1n) is 18.3. The monoisotopic (exact) mass is 669 g/mol. The molecule has 1 saturated heterocycles. The van der Waals surface area contributed by atoms with Crippen molar-refractivity contribution in [3.8, 4) is 16.9 Å². The molecule has 4 nitrogen and oxygen atoms in total. The summed E-state index contributed by atoms with van der Waals surface area (Å²) in [4.78, 5) is 14.4. The molecule has 2 unspecified atom stereocenters. The smallest absolute Gasteiger partial charge is 0.339 e. The first-order valence-corrected chi connectivity index (χ1v) is 18.3. The lowest BCUT2D eigenvalue weighted by atomic mass is 9.77. The van der Waals surface area contributed by atoms with Crippen molar-refractivity contribution < 1.29 is 14.3 Å². The maximum Gasteiger partial charge on any atom is 0.339 e. The van der Waals surface area contributed by atoms with E-state index in [1.165, 1.54) is 11.1 Å². The van der Waals surface area contributed by atoms with Crippen molar-refractivity contribution in [2.75, 3.05) is 13.2 Å². The molecule has 1 aliphatic carbocycles. The molecule has 0 amide bonds. The van der Waals surface area contributed by atoms with Gasteiger partial charge in [0.15, 0.2) is 5.60 Å². The van der Waals surface area contributed by atoms with Gasteiger partial charge >= 0.3 is 5.97 Å². The van der Waals surface area contributed by atoms with Gasteiger partial charge in [-0.2, -0.15) is 0 Å². The van der Waals surface area contributed by atoms with Gasteiger partial charge in [0.05, 0.1) is 18.2 Å². The van der Waals surface area contributed by atoms with Crippen molar-refractivity contribution in [1.29, 1.82) is 0 Å². The summed E-state index contributed by atoms with van der Waals surface area (Å²) in [5.41, 5.74) is 5.07. The highest BCUT2D eigenvalue weighted by Gasteiger charge is 2.47. The Balaban J connectivity index is 1.08. The number of hydrogen-bond acceptors (Lipinski definition) is 4. The molecule has 1 aliphatic heterocycles. The van der Waals surface area contributed by atoms with Gasteiger partial charge in [0.1, 0.15) is 5.75 Å². The van der Waals surface area contributed by atoms with E-state index < -0.39 is 5.60 Å². The van der Waals surface area contributed by atoms with Crippen LogP contribution < -0.4 is 10.1 Å². The normalized spacial score (nSPS) is 17.4. The molecule has 4 heteroatoms. The average molecular weight is 670 g/mol. The van der Waals surface area contributed by atoms with Crippen LogP contribution in [0.4, 0.5) is 0 Å². The van der Waals surface area contributed by atoms with Gasteiger partial charge in [0.25, 0.3) is 0 Å². The second-order valence-corrected chi connectivity index (χ2v) is 13.8. The van der Waals surface area contributed by atoms with Crippen LogP contribution in [0.1, 0.15) is 55.2 Å². The molecule has 8 rings (SSSR count). The molecule has 6 aromatic carbocycles. The minimum atomic E-state index is -1.02. The third kappa shape index (κ3) is 6.60. The van der Waals surface area contributed by atoms with Crippen molar-refractivity contribution in [2.24, 2.45) is 0 Å². The van der Waals surface area contributed by atoms with E-state index in [4.69, 9.17) is 9.47 Å². The summed E-state index contributed by atoms with van der Waals surface area (Å²) in [6, 6.07) is 46.7. The van der Waals surface area contributed by atoms with Crippen LogP contribution in [-0.4, -0.2) is 25.2 Å². The quantitative estimate of drug-likeness (QED) is 0.148. The lowest BCUT2D eigenvalue weighted by Crippen LogP contribution is -2.49. The average Bonchev–Trinajstić information content (AvgIpc) is 3.75. The fourth-order valence-electron chi connectivity index (χ4n) is 7.74. The van der Waals surface area contributed by atoms with E-state index in [-0.39, 0.29) is 17.9 Å².